The molecule has 4 nitrogen and oxygen atoms in total. The van der Waals surface area contributed by atoms with Gasteiger partial charge in [-0.1, -0.05) is 0 Å². The molecule has 1 heterocycles. The van der Waals surface area contributed by atoms with E-state index in [1.165, 1.54) is 4.88 Å². The molecular weight excluding hydrogens is 330 g/mol. The molecule has 0 spiro atoms. The second-order valence-corrected chi connectivity index (χ2v) is 6.70. The number of aliphatic hydroxyl groups is 1. The topological polar surface area (TPSA) is 49.8 Å². The fourth-order valence-electron chi connectivity index (χ4n) is 1.74. The van der Waals surface area contributed by atoms with Gasteiger partial charge in [-0.25, -0.2) is 0 Å². The van der Waals surface area contributed by atoms with Crippen molar-refractivity contribution >= 4 is 33.2 Å². The lowest BCUT2D eigenvalue weighted by atomic mass is 10.2. The van der Waals surface area contributed by atoms with E-state index in [0.717, 1.165) is 16.6 Å². The van der Waals surface area contributed by atoms with Gasteiger partial charge in [-0.15, -0.1) is 11.3 Å². The van der Waals surface area contributed by atoms with Gasteiger partial charge in [-0.2, -0.15) is 0 Å². The molecule has 0 aliphatic rings. The number of hydrogen-bond donors (Lipinski definition) is 1. The fourth-order valence-corrected chi connectivity index (χ4v) is 3.27. The van der Waals surface area contributed by atoms with Crippen molar-refractivity contribution in [1.29, 1.82) is 0 Å². The van der Waals surface area contributed by atoms with Crippen molar-refractivity contribution in [3.8, 4) is 0 Å². The molecule has 1 rings (SSSR count). The third kappa shape index (κ3) is 6.51. The van der Waals surface area contributed by atoms with Gasteiger partial charge in [0.2, 0.25) is 5.91 Å². The SMILES string of the molecule is COCCN(CCO)C(=O)CCCc1ccc(Br)s1. The summed E-state index contributed by atoms with van der Waals surface area (Å²) in [5.74, 6) is 0.0849. The zero-order chi connectivity index (χ0) is 14.1. The Kier molecular flexibility index (Phi) is 8.29. The molecule has 19 heavy (non-hydrogen) atoms. The average molecular weight is 350 g/mol. The number of nitrogens with zero attached hydrogens (tertiary/aromatic N) is 1. The lowest BCUT2D eigenvalue weighted by Gasteiger charge is -2.21. The predicted octanol–water partition coefficient (Wildman–Crippen LogP) is 2.30. The second kappa shape index (κ2) is 9.47. The Labute approximate surface area is 126 Å². The number of carbonyl (C=O) groups is 1. The highest BCUT2D eigenvalue weighted by Crippen LogP contribution is 2.23. The largest absolute Gasteiger partial charge is 0.395 e. The number of ether oxygens (including phenoxy) is 1. The molecule has 108 valence electrons. The van der Waals surface area contributed by atoms with Crippen LogP contribution >= 0.6 is 27.3 Å². The normalized spacial score (nSPS) is 10.7. The van der Waals surface area contributed by atoms with E-state index in [1.807, 2.05) is 6.07 Å². The smallest absolute Gasteiger partial charge is 0.222 e. The van der Waals surface area contributed by atoms with Crippen LogP contribution in [0.5, 0.6) is 0 Å². The Hall–Kier alpha value is -0.430. The summed E-state index contributed by atoms with van der Waals surface area (Å²) in [6.45, 7) is 1.42. The van der Waals surface area contributed by atoms with E-state index in [1.54, 1.807) is 23.3 Å². The summed E-state index contributed by atoms with van der Waals surface area (Å²) >= 11 is 5.13. The molecule has 0 radical (unpaired) electrons. The average Bonchev–Trinajstić information content (AvgIpc) is 2.80. The van der Waals surface area contributed by atoms with Gasteiger partial charge < -0.3 is 14.7 Å². The molecule has 1 aromatic rings. The highest BCUT2D eigenvalue weighted by atomic mass is 79.9. The molecular formula is C13H20BrNO3S. The van der Waals surface area contributed by atoms with Gasteiger partial charge in [0.1, 0.15) is 0 Å². The van der Waals surface area contributed by atoms with Crippen molar-refractivity contribution in [1.82, 2.24) is 4.90 Å². The minimum absolute atomic E-state index is 0.00662. The first-order valence-electron chi connectivity index (χ1n) is 6.29. The number of aliphatic hydroxyl groups excluding tert-OH is 1. The number of aryl methyl sites for hydroxylation is 1. The van der Waals surface area contributed by atoms with E-state index in [4.69, 9.17) is 9.84 Å². The molecule has 0 unspecified atom stereocenters. The van der Waals surface area contributed by atoms with Gasteiger partial charge in [0.25, 0.3) is 0 Å². The molecule has 0 bridgehead atoms. The van der Waals surface area contributed by atoms with Crippen LogP contribution in [-0.2, 0) is 16.0 Å². The van der Waals surface area contributed by atoms with Crippen LogP contribution in [0.25, 0.3) is 0 Å². The zero-order valence-electron chi connectivity index (χ0n) is 11.1. The Balaban J connectivity index is 2.30. The van der Waals surface area contributed by atoms with E-state index in [0.29, 0.717) is 26.1 Å². The summed E-state index contributed by atoms with van der Waals surface area (Å²) in [5.41, 5.74) is 0. The van der Waals surface area contributed by atoms with Crippen LogP contribution in [0.3, 0.4) is 0 Å². The first-order chi connectivity index (χ1) is 9.17. The number of thiophene rings is 1. The second-order valence-electron chi connectivity index (χ2n) is 4.16. The molecule has 0 saturated heterocycles. The predicted molar refractivity (Wildman–Crippen MR) is 80.5 cm³/mol. The van der Waals surface area contributed by atoms with E-state index >= 15 is 0 Å². The number of rotatable bonds is 9. The van der Waals surface area contributed by atoms with Gasteiger partial charge >= 0.3 is 0 Å². The summed E-state index contributed by atoms with van der Waals surface area (Å²) in [4.78, 5) is 14.9. The van der Waals surface area contributed by atoms with E-state index < -0.39 is 0 Å². The van der Waals surface area contributed by atoms with Crippen LogP contribution < -0.4 is 0 Å². The van der Waals surface area contributed by atoms with Crippen molar-refractivity contribution in [2.45, 2.75) is 19.3 Å². The van der Waals surface area contributed by atoms with Crippen LogP contribution in [0.1, 0.15) is 17.7 Å². The van der Waals surface area contributed by atoms with Gasteiger partial charge in [0.05, 0.1) is 17.0 Å². The quantitative estimate of drug-likeness (QED) is 0.744. The van der Waals surface area contributed by atoms with Crippen LogP contribution in [-0.4, -0.2) is 49.3 Å². The molecule has 6 heteroatoms. The van der Waals surface area contributed by atoms with Crippen molar-refractivity contribution in [3.05, 3.63) is 20.8 Å². The first-order valence-corrected chi connectivity index (χ1v) is 7.90. The van der Waals surface area contributed by atoms with Gasteiger partial charge in [0.15, 0.2) is 0 Å². The van der Waals surface area contributed by atoms with Crippen molar-refractivity contribution < 1.29 is 14.6 Å². The zero-order valence-corrected chi connectivity index (χ0v) is 13.5. The summed E-state index contributed by atoms with van der Waals surface area (Å²) in [6, 6.07) is 4.11. The van der Waals surface area contributed by atoms with Crippen LogP contribution in [0.4, 0.5) is 0 Å². The molecule has 0 saturated carbocycles. The molecule has 0 atom stereocenters. The highest BCUT2D eigenvalue weighted by Gasteiger charge is 2.12. The third-order valence-electron chi connectivity index (χ3n) is 2.73. The maximum Gasteiger partial charge on any atom is 0.222 e. The van der Waals surface area contributed by atoms with Crippen molar-refractivity contribution in [3.63, 3.8) is 0 Å². The Morgan fingerprint density at radius 2 is 2.26 bits per heavy atom. The molecule has 1 N–H and O–H groups in total. The molecule has 1 aromatic heterocycles. The molecule has 0 aromatic carbocycles. The van der Waals surface area contributed by atoms with Gasteiger partial charge in [0, 0.05) is 31.5 Å². The lowest BCUT2D eigenvalue weighted by Crippen LogP contribution is -2.36. The maximum absolute atomic E-state index is 12.0. The monoisotopic (exact) mass is 349 g/mol. The molecule has 0 aliphatic heterocycles. The molecule has 1 amide bonds. The third-order valence-corrected chi connectivity index (χ3v) is 4.41. The van der Waals surface area contributed by atoms with Crippen molar-refractivity contribution in [2.75, 3.05) is 33.4 Å². The summed E-state index contributed by atoms with van der Waals surface area (Å²) in [5, 5.41) is 8.95. The first kappa shape index (κ1) is 16.6. The highest BCUT2D eigenvalue weighted by molar-refractivity contribution is 9.11. The summed E-state index contributed by atoms with van der Waals surface area (Å²) in [6.07, 6.45) is 2.26. The van der Waals surface area contributed by atoms with Gasteiger partial charge in [-0.05, 0) is 40.9 Å². The number of hydrogen-bond acceptors (Lipinski definition) is 4. The van der Waals surface area contributed by atoms with Crippen LogP contribution in [0, 0.1) is 0 Å². The maximum atomic E-state index is 12.0. The van der Waals surface area contributed by atoms with Crippen molar-refractivity contribution in [2.24, 2.45) is 0 Å². The van der Waals surface area contributed by atoms with E-state index in [-0.39, 0.29) is 12.5 Å². The molecule has 0 fully saturated rings. The number of methoxy groups -OCH3 is 1. The van der Waals surface area contributed by atoms with E-state index in [9.17, 15) is 4.79 Å². The van der Waals surface area contributed by atoms with E-state index in [2.05, 4.69) is 22.0 Å². The molecule has 0 aliphatic carbocycles. The summed E-state index contributed by atoms with van der Waals surface area (Å²) < 4.78 is 6.09. The standard InChI is InChI=1S/C13H20BrNO3S/c1-18-10-8-15(7-9-16)13(17)4-2-3-11-5-6-12(14)19-11/h5-6,16H,2-4,7-10H2,1H3. The lowest BCUT2D eigenvalue weighted by molar-refractivity contribution is -0.132. The number of halogens is 1. The fraction of sp³-hybridized carbons (Fsp3) is 0.615. The Morgan fingerprint density at radius 1 is 1.47 bits per heavy atom. The van der Waals surface area contributed by atoms with Crippen LogP contribution in [0.2, 0.25) is 0 Å². The Bertz CT molecular complexity index is 384. The van der Waals surface area contributed by atoms with Gasteiger partial charge in [-0.3, -0.25) is 4.79 Å². The number of carbonyl (C=O) groups excluding carboxylic acids is 1. The van der Waals surface area contributed by atoms with Crippen LogP contribution in [0.15, 0.2) is 15.9 Å². The minimum Gasteiger partial charge on any atom is -0.395 e. The summed E-state index contributed by atoms with van der Waals surface area (Å²) in [7, 11) is 1.61. The minimum atomic E-state index is -0.00662. The Morgan fingerprint density at radius 3 is 2.84 bits per heavy atom. The number of amides is 1.